The Kier molecular flexibility index (Phi) is 6.01. The van der Waals surface area contributed by atoms with Crippen LogP contribution in [0, 0.1) is 0 Å². The molecule has 1 heterocycles. The van der Waals surface area contributed by atoms with Crippen molar-refractivity contribution in [2.24, 2.45) is 0 Å². The van der Waals surface area contributed by atoms with Crippen LogP contribution >= 0.6 is 11.8 Å². The van der Waals surface area contributed by atoms with Crippen LogP contribution in [0.25, 0.3) is 11.1 Å². The number of rotatable bonds is 4. The smallest absolute Gasteiger partial charge is 0.253 e. The first-order valence-corrected chi connectivity index (χ1v) is 10.1. The maximum absolute atomic E-state index is 13.0. The van der Waals surface area contributed by atoms with Gasteiger partial charge in [0.05, 0.1) is 6.10 Å². The van der Waals surface area contributed by atoms with E-state index in [-0.39, 0.29) is 11.9 Å². The van der Waals surface area contributed by atoms with E-state index in [2.05, 4.69) is 18.4 Å². The Bertz CT molecular complexity index is 778. The van der Waals surface area contributed by atoms with E-state index in [1.165, 1.54) is 4.90 Å². The first kappa shape index (κ1) is 19.0. The van der Waals surface area contributed by atoms with E-state index in [1.807, 2.05) is 55.4 Å². The van der Waals surface area contributed by atoms with Crippen LogP contribution in [0.15, 0.2) is 53.4 Å². The largest absolute Gasteiger partial charge is 0.390 e. The molecule has 2 atom stereocenters. The van der Waals surface area contributed by atoms with Gasteiger partial charge >= 0.3 is 0 Å². The molecule has 1 aliphatic heterocycles. The first-order valence-electron chi connectivity index (χ1n) is 8.88. The second-order valence-electron chi connectivity index (χ2n) is 6.92. The normalized spacial score (nSPS) is 20.4. The van der Waals surface area contributed by atoms with Crippen molar-refractivity contribution in [1.82, 2.24) is 9.80 Å². The van der Waals surface area contributed by atoms with E-state index in [9.17, 15) is 9.90 Å². The Hall–Kier alpha value is -1.82. The highest BCUT2D eigenvalue weighted by atomic mass is 32.2. The molecule has 4 nitrogen and oxygen atoms in total. The molecule has 1 amide bonds. The van der Waals surface area contributed by atoms with Crippen LogP contribution in [0.2, 0.25) is 0 Å². The molecule has 1 fully saturated rings. The van der Waals surface area contributed by atoms with Gasteiger partial charge in [0.25, 0.3) is 5.91 Å². The number of hydrogen-bond acceptors (Lipinski definition) is 4. The molecule has 1 N–H and O–H groups in total. The lowest BCUT2D eigenvalue weighted by atomic mass is 9.99. The van der Waals surface area contributed by atoms with Crippen LogP contribution in [0.3, 0.4) is 0 Å². The molecular formula is C21H26N2O2S. The summed E-state index contributed by atoms with van der Waals surface area (Å²) in [5.41, 5.74) is 2.86. The number of likely N-dealkylation sites (tertiary alicyclic amines) is 1. The number of amides is 1. The Morgan fingerprint density at radius 3 is 2.65 bits per heavy atom. The summed E-state index contributed by atoms with van der Waals surface area (Å²) in [6, 6.07) is 16.1. The van der Waals surface area contributed by atoms with Gasteiger partial charge in [-0.15, -0.1) is 11.8 Å². The molecule has 2 aromatic carbocycles. The molecule has 0 saturated carbocycles. The van der Waals surface area contributed by atoms with Crippen LogP contribution < -0.4 is 0 Å². The van der Waals surface area contributed by atoms with Gasteiger partial charge in [-0.2, -0.15) is 0 Å². The number of aliphatic hydroxyl groups excluding tert-OH is 1. The van der Waals surface area contributed by atoms with E-state index in [1.54, 1.807) is 16.7 Å². The molecule has 0 bridgehead atoms. The minimum atomic E-state index is -0.511. The van der Waals surface area contributed by atoms with Crippen LogP contribution in [0.4, 0.5) is 0 Å². The van der Waals surface area contributed by atoms with Crippen LogP contribution in [-0.4, -0.2) is 66.4 Å². The van der Waals surface area contributed by atoms with Crippen molar-refractivity contribution >= 4 is 17.7 Å². The van der Waals surface area contributed by atoms with Gasteiger partial charge in [-0.3, -0.25) is 4.79 Å². The minimum absolute atomic E-state index is 0.00950. The number of piperidine rings is 1. The van der Waals surface area contributed by atoms with Crippen molar-refractivity contribution in [3.63, 3.8) is 0 Å². The Balaban J connectivity index is 1.81. The number of hydrogen-bond donors (Lipinski definition) is 1. The lowest BCUT2D eigenvalue weighted by Gasteiger charge is -2.39. The predicted octanol–water partition coefficient (Wildman–Crippen LogP) is 3.21. The second-order valence-corrected chi connectivity index (χ2v) is 7.77. The van der Waals surface area contributed by atoms with Gasteiger partial charge in [-0.25, -0.2) is 0 Å². The first-order chi connectivity index (χ1) is 12.5. The maximum atomic E-state index is 13.0. The highest BCUT2D eigenvalue weighted by Crippen LogP contribution is 2.30. The SMILES string of the molecule is CSc1ccccc1-c1cccc(C(=O)N2CC[C@H](N(C)C)[C@@H](O)C2)c1. The number of carbonyl (C=O) groups is 1. The summed E-state index contributed by atoms with van der Waals surface area (Å²) in [5.74, 6) is -0.00950. The Morgan fingerprint density at radius 2 is 1.96 bits per heavy atom. The summed E-state index contributed by atoms with van der Waals surface area (Å²) in [4.78, 5) is 18.0. The standard InChI is InChI=1S/C21H26N2O2S/c1-22(2)18-11-12-23(14-19(18)24)21(25)16-8-6-7-15(13-16)17-9-4-5-10-20(17)26-3/h4-10,13,18-19,24H,11-12,14H2,1-3H3/t18-,19-/m0/s1. The molecule has 0 radical (unpaired) electrons. The Labute approximate surface area is 159 Å². The maximum Gasteiger partial charge on any atom is 0.253 e. The summed E-state index contributed by atoms with van der Waals surface area (Å²) in [7, 11) is 3.94. The Morgan fingerprint density at radius 1 is 1.19 bits per heavy atom. The van der Waals surface area contributed by atoms with Crippen molar-refractivity contribution in [2.45, 2.75) is 23.5 Å². The van der Waals surface area contributed by atoms with Gasteiger partial charge in [-0.05, 0) is 56.1 Å². The van der Waals surface area contributed by atoms with Crippen molar-refractivity contribution in [1.29, 1.82) is 0 Å². The average molecular weight is 371 g/mol. The van der Waals surface area contributed by atoms with Gasteiger partial charge in [0.1, 0.15) is 0 Å². The van der Waals surface area contributed by atoms with Crippen LogP contribution in [-0.2, 0) is 0 Å². The fourth-order valence-electron chi connectivity index (χ4n) is 3.59. The van der Waals surface area contributed by atoms with Crippen LogP contribution in [0.1, 0.15) is 16.8 Å². The quantitative estimate of drug-likeness (QED) is 0.840. The molecule has 0 spiro atoms. The zero-order valence-corrected chi connectivity index (χ0v) is 16.4. The fourth-order valence-corrected chi connectivity index (χ4v) is 4.21. The lowest BCUT2D eigenvalue weighted by molar-refractivity contribution is 0.00608. The molecule has 26 heavy (non-hydrogen) atoms. The lowest BCUT2D eigenvalue weighted by Crippen LogP contribution is -2.53. The second kappa shape index (κ2) is 8.25. The third kappa shape index (κ3) is 3.95. The molecule has 1 saturated heterocycles. The average Bonchev–Trinajstić information content (AvgIpc) is 2.67. The number of thioether (sulfide) groups is 1. The van der Waals surface area contributed by atoms with Gasteiger partial charge in [-0.1, -0.05) is 30.3 Å². The van der Waals surface area contributed by atoms with E-state index in [0.29, 0.717) is 18.7 Å². The number of nitrogens with zero attached hydrogens (tertiary/aromatic N) is 2. The van der Waals surface area contributed by atoms with Crippen molar-refractivity contribution in [3.8, 4) is 11.1 Å². The summed E-state index contributed by atoms with van der Waals surface area (Å²) < 4.78 is 0. The molecular weight excluding hydrogens is 344 g/mol. The summed E-state index contributed by atoms with van der Waals surface area (Å²) in [6.45, 7) is 1.05. The molecule has 0 aliphatic carbocycles. The van der Waals surface area contributed by atoms with E-state index >= 15 is 0 Å². The number of aliphatic hydroxyl groups is 1. The van der Waals surface area contributed by atoms with Crippen LogP contribution in [0.5, 0.6) is 0 Å². The fraction of sp³-hybridized carbons (Fsp3) is 0.381. The molecule has 138 valence electrons. The van der Waals surface area contributed by atoms with Gasteiger partial charge in [0, 0.05) is 29.6 Å². The van der Waals surface area contributed by atoms with Crippen molar-refractivity contribution < 1.29 is 9.90 Å². The van der Waals surface area contributed by atoms with Crippen molar-refractivity contribution in [3.05, 3.63) is 54.1 Å². The highest BCUT2D eigenvalue weighted by molar-refractivity contribution is 7.98. The minimum Gasteiger partial charge on any atom is -0.390 e. The third-order valence-corrected chi connectivity index (χ3v) is 5.82. The molecule has 3 rings (SSSR count). The van der Waals surface area contributed by atoms with E-state index in [0.717, 1.165) is 17.5 Å². The van der Waals surface area contributed by atoms with Gasteiger partial charge in [0.2, 0.25) is 0 Å². The number of benzene rings is 2. The summed E-state index contributed by atoms with van der Waals surface area (Å²) >= 11 is 1.70. The highest BCUT2D eigenvalue weighted by Gasteiger charge is 2.31. The molecule has 5 heteroatoms. The number of β-amino-alcohol motifs (C(OH)–C–C–N with tert-alkyl or cyclic N) is 1. The number of likely N-dealkylation sites (N-methyl/N-ethyl adjacent to an activating group) is 1. The third-order valence-electron chi connectivity index (χ3n) is 5.02. The molecule has 2 aromatic rings. The summed E-state index contributed by atoms with van der Waals surface area (Å²) in [6.07, 6.45) is 2.34. The number of carbonyl (C=O) groups excluding carboxylic acids is 1. The zero-order valence-electron chi connectivity index (χ0n) is 15.6. The monoisotopic (exact) mass is 370 g/mol. The topological polar surface area (TPSA) is 43.8 Å². The van der Waals surface area contributed by atoms with Gasteiger partial charge < -0.3 is 14.9 Å². The zero-order chi connectivity index (χ0) is 18.7. The van der Waals surface area contributed by atoms with Crippen molar-refractivity contribution in [2.75, 3.05) is 33.4 Å². The molecule has 1 aliphatic rings. The van der Waals surface area contributed by atoms with Gasteiger partial charge in [0.15, 0.2) is 0 Å². The molecule has 0 unspecified atom stereocenters. The van der Waals surface area contributed by atoms with E-state index < -0.39 is 6.10 Å². The summed E-state index contributed by atoms with van der Waals surface area (Å²) in [5, 5.41) is 10.4. The predicted molar refractivity (Wildman–Crippen MR) is 108 cm³/mol. The molecule has 0 aromatic heterocycles. The van der Waals surface area contributed by atoms with E-state index in [4.69, 9.17) is 0 Å².